The van der Waals surface area contributed by atoms with E-state index in [0.717, 1.165) is 10.2 Å². The predicted molar refractivity (Wildman–Crippen MR) is 117 cm³/mol. The molecule has 0 bridgehead atoms. The van der Waals surface area contributed by atoms with Gasteiger partial charge in [0.2, 0.25) is 0 Å². The van der Waals surface area contributed by atoms with Crippen molar-refractivity contribution in [1.29, 1.82) is 0 Å². The Morgan fingerprint density at radius 3 is 2.55 bits per heavy atom. The molecule has 1 atom stereocenters. The molecule has 1 unspecified atom stereocenters. The molecule has 0 saturated carbocycles. The second-order valence-electron chi connectivity index (χ2n) is 6.59. The quantitative estimate of drug-likeness (QED) is 0.315. The van der Waals surface area contributed by atoms with Crippen molar-refractivity contribution in [2.24, 2.45) is 18.0 Å². The number of hydrogen-bond donors (Lipinski definition) is 2. The lowest BCUT2D eigenvalue weighted by molar-refractivity contribution is -0.142. The summed E-state index contributed by atoms with van der Waals surface area (Å²) in [6.07, 6.45) is -3.14. The van der Waals surface area contributed by atoms with Crippen LogP contribution in [0.2, 0.25) is 0 Å². The summed E-state index contributed by atoms with van der Waals surface area (Å²) < 4.78 is 45.9. The fourth-order valence-electron chi connectivity index (χ4n) is 2.59. The van der Waals surface area contributed by atoms with E-state index in [2.05, 4.69) is 20.7 Å². The average Bonchev–Trinajstić information content (AvgIpc) is 3.04. The first kappa shape index (κ1) is 25.2. The van der Waals surface area contributed by atoms with E-state index in [0.29, 0.717) is 25.7 Å². The van der Waals surface area contributed by atoms with Crippen molar-refractivity contribution in [3.05, 3.63) is 53.3 Å². The van der Waals surface area contributed by atoms with Crippen LogP contribution in [0.15, 0.2) is 41.5 Å². The first-order valence-corrected chi connectivity index (χ1v) is 8.95. The van der Waals surface area contributed by atoms with Crippen LogP contribution in [0, 0.1) is 5.92 Å². The number of ether oxygens (including phenoxy) is 1. The topological polar surface area (TPSA) is 63.5 Å². The third kappa shape index (κ3) is 8.60. The van der Waals surface area contributed by atoms with Crippen LogP contribution in [0.5, 0.6) is 0 Å². The third-order valence-corrected chi connectivity index (χ3v) is 3.97. The van der Waals surface area contributed by atoms with Crippen molar-refractivity contribution < 1.29 is 17.9 Å². The zero-order valence-electron chi connectivity index (χ0n) is 16.7. The number of aromatic nitrogens is 2. The molecule has 6 nitrogen and oxygen atoms in total. The predicted octanol–water partition coefficient (Wildman–Crippen LogP) is 3.57. The first-order valence-electron chi connectivity index (χ1n) is 8.95. The molecule has 0 aliphatic rings. The number of alkyl halides is 3. The van der Waals surface area contributed by atoms with Gasteiger partial charge in [0.25, 0.3) is 0 Å². The molecule has 1 heterocycles. The molecule has 0 aliphatic carbocycles. The number of nitrogens with one attached hydrogen (secondary N) is 2. The van der Waals surface area contributed by atoms with Crippen LogP contribution in [-0.4, -0.2) is 35.9 Å². The molecule has 0 saturated heterocycles. The second-order valence-corrected chi connectivity index (χ2v) is 6.59. The van der Waals surface area contributed by atoms with Crippen LogP contribution in [0.25, 0.3) is 0 Å². The second kappa shape index (κ2) is 12.0. The van der Waals surface area contributed by atoms with E-state index in [4.69, 9.17) is 4.74 Å². The molecule has 2 aromatic rings. The van der Waals surface area contributed by atoms with Crippen molar-refractivity contribution in [2.75, 3.05) is 20.2 Å². The molecule has 0 spiro atoms. The summed E-state index contributed by atoms with van der Waals surface area (Å²) in [5.41, 5.74) is 0.287. The molecule has 29 heavy (non-hydrogen) atoms. The van der Waals surface area contributed by atoms with Gasteiger partial charge in [0.1, 0.15) is 0 Å². The maximum absolute atomic E-state index is 13.0. The Hall–Kier alpha value is -1.82. The van der Waals surface area contributed by atoms with Gasteiger partial charge in [-0.25, -0.2) is 0 Å². The minimum atomic E-state index is -4.49. The SMILES string of the molecule is CN=C(NCc1cn(C)nc1C(F)(F)F)NCC(C)COCc1ccccc1.I. The highest BCUT2D eigenvalue weighted by Crippen LogP contribution is 2.30. The van der Waals surface area contributed by atoms with Gasteiger partial charge in [-0.05, 0) is 11.5 Å². The van der Waals surface area contributed by atoms with Gasteiger partial charge in [-0.2, -0.15) is 18.3 Å². The highest BCUT2D eigenvalue weighted by molar-refractivity contribution is 14.0. The normalized spacial score (nSPS) is 13.0. The van der Waals surface area contributed by atoms with Gasteiger partial charge in [0, 0.05) is 38.9 Å². The van der Waals surface area contributed by atoms with Crippen LogP contribution in [0.4, 0.5) is 13.2 Å². The number of aliphatic imine (C=N–C) groups is 1. The molecule has 162 valence electrons. The lowest BCUT2D eigenvalue weighted by Crippen LogP contribution is -2.39. The van der Waals surface area contributed by atoms with Gasteiger partial charge in [-0.1, -0.05) is 37.3 Å². The Morgan fingerprint density at radius 1 is 1.24 bits per heavy atom. The number of halogens is 4. The summed E-state index contributed by atoms with van der Waals surface area (Å²) in [6.45, 7) is 3.67. The van der Waals surface area contributed by atoms with Crippen LogP contribution in [0.3, 0.4) is 0 Å². The maximum Gasteiger partial charge on any atom is 0.435 e. The molecule has 1 aromatic heterocycles. The molecule has 0 fully saturated rings. The van der Waals surface area contributed by atoms with Crippen molar-refractivity contribution in [1.82, 2.24) is 20.4 Å². The van der Waals surface area contributed by atoms with E-state index in [1.807, 2.05) is 37.3 Å². The van der Waals surface area contributed by atoms with Crippen molar-refractivity contribution in [3.63, 3.8) is 0 Å². The fourth-order valence-corrected chi connectivity index (χ4v) is 2.59. The van der Waals surface area contributed by atoms with E-state index in [1.165, 1.54) is 13.2 Å². The number of guanidine groups is 1. The maximum atomic E-state index is 13.0. The van der Waals surface area contributed by atoms with Crippen molar-refractivity contribution in [2.45, 2.75) is 26.3 Å². The summed E-state index contributed by atoms with van der Waals surface area (Å²) in [5, 5.41) is 9.49. The summed E-state index contributed by atoms with van der Waals surface area (Å²) >= 11 is 0. The van der Waals surface area contributed by atoms with Crippen molar-refractivity contribution in [3.8, 4) is 0 Å². The molecule has 0 amide bonds. The minimum Gasteiger partial charge on any atom is -0.376 e. The zero-order valence-corrected chi connectivity index (χ0v) is 19.0. The molecular weight excluding hydrogens is 498 g/mol. The Labute approximate surface area is 185 Å². The van der Waals surface area contributed by atoms with Gasteiger partial charge in [-0.3, -0.25) is 9.67 Å². The Kier molecular flexibility index (Phi) is 10.4. The molecule has 1 aromatic carbocycles. The van der Waals surface area contributed by atoms with Crippen LogP contribution in [0.1, 0.15) is 23.7 Å². The van der Waals surface area contributed by atoms with Crippen molar-refractivity contribution >= 4 is 29.9 Å². The molecule has 10 heteroatoms. The van der Waals surface area contributed by atoms with Crippen LogP contribution >= 0.6 is 24.0 Å². The Bertz CT molecular complexity index is 765. The summed E-state index contributed by atoms with van der Waals surface area (Å²) in [7, 11) is 3.03. The molecule has 0 radical (unpaired) electrons. The molecule has 0 aliphatic heterocycles. The third-order valence-electron chi connectivity index (χ3n) is 3.97. The van der Waals surface area contributed by atoms with Gasteiger partial charge >= 0.3 is 6.18 Å². The largest absolute Gasteiger partial charge is 0.435 e. The fraction of sp³-hybridized carbons (Fsp3) is 0.474. The van der Waals surface area contributed by atoms with Crippen LogP contribution in [-0.2, 0) is 31.1 Å². The van der Waals surface area contributed by atoms with Gasteiger partial charge in [0.05, 0.1) is 13.2 Å². The summed E-state index contributed by atoms with van der Waals surface area (Å²) in [6, 6.07) is 9.89. The highest BCUT2D eigenvalue weighted by atomic mass is 127. The standard InChI is InChI=1S/C19H26F3N5O.HI/c1-14(12-28-13-15-7-5-4-6-8-15)9-24-18(23-2)25-10-16-11-27(3)26-17(16)19(20,21)22;/h4-8,11,14H,9-10,12-13H2,1-3H3,(H2,23,24,25);1H. The number of hydrogen-bond acceptors (Lipinski definition) is 3. The van der Waals surface area contributed by atoms with Gasteiger partial charge < -0.3 is 15.4 Å². The lowest BCUT2D eigenvalue weighted by Gasteiger charge is -2.16. The van der Waals surface area contributed by atoms with Gasteiger partial charge in [0.15, 0.2) is 11.7 Å². The number of rotatable bonds is 8. The van der Waals surface area contributed by atoms with E-state index >= 15 is 0 Å². The Balaban J connectivity index is 0.00000420. The number of nitrogens with zero attached hydrogens (tertiary/aromatic N) is 3. The van der Waals surface area contributed by atoms with E-state index in [1.54, 1.807) is 7.05 Å². The zero-order chi connectivity index (χ0) is 20.6. The first-order chi connectivity index (χ1) is 13.3. The van der Waals surface area contributed by atoms with E-state index < -0.39 is 11.9 Å². The lowest BCUT2D eigenvalue weighted by atomic mass is 10.2. The van der Waals surface area contributed by atoms with E-state index in [9.17, 15) is 13.2 Å². The molecular formula is C19H27F3IN5O. The smallest absolute Gasteiger partial charge is 0.376 e. The van der Waals surface area contributed by atoms with E-state index in [-0.39, 0.29) is 42.0 Å². The Morgan fingerprint density at radius 2 is 1.93 bits per heavy atom. The molecule has 2 rings (SSSR count). The summed E-state index contributed by atoms with van der Waals surface area (Å²) in [5.74, 6) is 0.623. The average molecular weight is 525 g/mol. The van der Waals surface area contributed by atoms with Gasteiger partial charge in [-0.15, -0.1) is 24.0 Å². The molecule has 2 N–H and O–H groups in total. The summed E-state index contributed by atoms with van der Waals surface area (Å²) in [4.78, 5) is 4.05. The minimum absolute atomic E-state index is 0. The number of aryl methyl sites for hydroxylation is 1. The monoisotopic (exact) mass is 525 g/mol. The number of benzene rings is 1. The highest BCUT2D eigenvalue weighted by Gasteiger charge is 2.36. The van der Waals surface area contributed by atoms with Crippen LogP contribution < -0.4 is 10.6 Å².